The predicted octanol–water partition coefficient (Wildman–Crippen LogP) is 0.842. The van der Waals surface area contributed by atoms with Crippen molar-refractivity contribution in [3.8, 4) is 0 Å². The van der Waals surface area contributed by atoms with Crippen molar-refractivity contribution in [2.75, 3.05) is 0 Å². The molecule has 4 heavy (non-hydrogen) atoms. The van der Waals surface area contributed by atoms with Crippen molar-refractivity contribution in [2.45, 2.75) is 0 Å². The van der Waals surface area contributed by atoms with Crippen LogP contribution in [0, 0.1) is 0 Å². The zero-order valence-electron chi connectivity index (χ0n) is 2.29. The third-order valence-electron chi connectivity index (χ3n) is 0. The molecule has 23 valence electrons. The van der Waals surface area contributed by atoms with Crippen LogP contribution in [0.25, 0.3) is 0 Å². The Kier molecular flexibility index (Phi) is 1830. The van der Waals surface area contributed by atoms with Gasteiger partial charge in [-0.25, -0.2) is 0 Å². The molecule has 0 saturated carbocycles. The maximum absolute atomic E-state index is 9.31. The number of hydrogen-bond acceptors (Lipinski definition) is 0. The standard InChI is InChI=1S/C2H4.FSi/c2*1-2/h1-2H2;. The fraction of sp³-hybridized carbons (Fsp3) is 0. The van der Waals surface area contributed by atoms with Gasteiger partial charge < -0.3 is 4.11 Å². The van der Waals surface area contributed by atoms with Crippen LogP contribution < -0.4 is 0 Å². The SMILES string of the molecule is C=C.F[Si]. The van der Waals surface area contributed by atoms with E-state index in [4.69, 9.17) is 0 Å². The molecule has 0 amide bonds. The summed E-state index contributed by atoms with van der Waals surface area (Å²) in [6.45, 7) is 6.00. The van der Waals surface area contributed by atoms with E-state index in [1.165, 1.54) is 10.6 Å². The van der Waals surface area contributed by atoms with Gasteiger partial charge in [0, 0.05) is 0 Å². The zero-order chi connectivity index (χ0) is 4.00. The largest absolute Gasteiger partial charge is 0.316 e. The Labute approximate surface area is 28.9 Å². The topological polar surface area (TPSA) is 0 Å². The molecule has 0 saturated heterocycles. The molecule has 0 aromatic rings. The van der Waals surface area contributed by atoms with Crippen LogP contribution >= 0.6 is 0 Å². The van der Waals surface area contributed by atoms with Crippen LogP contribution in [0.1, 0.15) is 0 Å². The van der Waals surface area contributed by atoms with Crippen molar-refractivity contribution in [1.29, 1.82) is 0 Å². The van der Waals surface area contributed by atoms with Gasteiger partial charge in [0.15, 0.2) is 0 Å². The average Bonchev–Trinajstić information content (AvgIpc) is 1.50. The molecular weight excluding hydrogens is 71.1 g/mol. The van der Waals surface area contributed by atoms with Gasteiger partial charge in [0.25, 0.3) is 0 Å². The molecule has 0 N–H and O–H groups in total. The van der Waals surface area contributed by atoms with Crippen molar-refractivity contribution in [2.24, 2.45) is 0 Å². The fourth-order valence-electron chi connectivity index (χ4n) is 0. The fourth-order valence-corrected chi connectivity index (χ4v) is 0. The molecule has 0 unspecified atom stereocenters. The van der Waals surface area contributed by atoms with Crippen LogP contribution in [-0.2, 0) is 0 Å². The first-order valence-corrected chi connectivity index (χ1v) is 1.07. The summed E-state index contributed by atoms with van der Waals surface area (Å²) in [6, 6.07) is 0. The van der Waals surface area contributed by atoms with Gasteiger partial charge in [0.2, 0.25) is 0 Å². The number of hydrogen-bond donors (Lipinski definition) is 0. The highest BCUT2D eigenvalue weighted by atomic mass is 28.2. The molecule has 3 radical (unpaired) electrons. The van der Waals surface area contributed by atoms with E-state index in [0.29, 0.717) is 0 Å². The third-order valence-corrected chi connectivity index (χ3v) is 0. The lowest BCUT2D eigenvalue weighted by Gasteiger charge is -1.05. The van der Waals surface area contributed by atoms with Gasteiger partial charge in [0.1, 0.15) is 0 Å². The minimum Gasteiger partial charge on any atom is -0.316 e. The Morgan fingerprint density at radius 1 is 1.25 bits per heavy atom. The molecule has 0 heterocycles. The second kappa shape index (κ2) is 803. The molecular formula is C2H4FSi. The van der Waals surface area contributed by atoms with Crippen LogP contribution in [0.2, 0.25) is 0 Å². The monoisotopic (exact) mass is 75.0 g/mol. The number of halogens is 1. The van der Waals surface area contributed by atoms with Crippen LogP contribution in [-0.4, -0.2) is 10.6 Å². The summed E-state index contributed by atoms with van der Waals surface area (Å²) in [5, 5.41) is 0. The first kappa shape index (κ1) is 9.10. The van der Waals surface area contributed by atoms with Crippen molar-refractivity contribution in [3.63, 3.8) is 0 Å². The first-order valence-electron chi connectivity index (χ1n) is 0.689. The van der Waals surface area contributed by atoms with Crippen molar-refractivity contribution in [1.82, 2.24) is 0 Å². The molecule has 0 aromatic carbocycles. The number of rotatable bonds is 0. The van der Waals surface area contributed by atoms with Crippen LogP contribution in [0.15, 0.2) is 13.2 Å². The second-order valence-electron chi connectivity index (χ2n) is 0. The summed E-state index contributed by atoms with van der Waals surface area (Å²) in [4.78, 5) is 0. The summed E-state index contributed by atoms with van der Waals surface area (Å²) >= 11 is 0. The van der Waals surface area contributed by atoms with Crippen LogP contribution in [0.4, 0.5) is 4.11 Å². The van der Waals surface area contributed by atoms with E-state index in [1.54, 1.807) is 0 Å². The second-order valence-corrected chi connectivity index (χ2v) is 0. The molecule has 2 heteroatoms. The summed E-state index contributed by atoms with van der Waals surface area (Å²) < 4.78 is 9.31. The first-order chi connectivity index (χ1) is 2.00. The predicted molar refractivity (Wildman–Crippen MR) is 18.1 cm³/mol. The maximum Gasteiger partial charge on any atom is 0.316 e. The van der Waals surface area contributed by atoms with Crippen LogP contribution in [0.3, 0.4) is 0 Å². The lowest BCUT2D eigenvalue weighted by atomic mass is 11.3. The molecule has 0 aliphatic carbocycles. The van der Waals surface area contributed by atoms with Gasteiger partial charge in [-0.1, -0.05) is 0 Å². The molecule has 0 fully saturated rings. The summed E-state index contributed by atoms with van der Waals surface area (Å²) in [7, 11) is 1.47. The molecule has 0 spiro atoms. The summed E-state index contributed by atoms with van der Waals surface area (Å²) in [5.41, 5.74) is 0. The highest BCUT2D eigenvalue weighted by Gasteiger charge is 1.05. The van der Waals surface area contributed by atoms with Crippen LogP contribution in [0.5, 0.6) is 0 Å². The molecule has 0 aromatic heterocycles. The van der Waals surface area contributed by atoms with E-state index in [0.717, 1.165) is 0 Å². The lowest BCUT2D eigenvalue weighted by Crippen LogP contribution is -1.06. The highest BCUT2D eigenvalue weighted by Crippen LogP contribution is 1.10. The van der Waals surface area contributed by atoms with E-state index >= 15 is 0 Å². The van der Waals surface area contributed by atoms with Crippen molar-refractivity contribution < 1.29 is 4.11 Å². The summed E-state index contributed by atoms with van der Waals surface area (Å²) in [6.07, 6.45) is 0. The highest BCUT2D eigenvalue weighted by molar-refractivity contribution is 5.96. The van der Waals surface area contributed by atoms with Gasteiger partial charge in [-0.2, -0.15) is 0 Å². The smallest absolute Gasteiger partial charge is 0.316 e. The van der Waals surface area contributed by atoms with E-state index in [9.17, 15) is 4.11 Å². The van der Waals surface area contributed by atoms with Crippen molar-refractivity contribution in [3.05, 3.63) is 13.2 Å². The van der Waals surface area contributed by atoms with E-state index < -0.39 is 0 Å². The lowest BCUT2D eigenvalue weighted by molar-refractivity contribution is 0.902. The van der Waals surface area contributed by atoms with Gasteiger partial charge >= 0.3 is 10.6 Å². The van der Waals surface area contributed by atoms with Gasteiger partial charge in [-0.15, -0.1) is 13.2 Å². The zero-order valence-corrected chi connectivity index (χ0v) is 3.29. The Morgan fingerprint density at radius 3 is 1.25 bits per heavy atom. The minimum atomic E-state index is 1.47. The molecule has 0 aliphatic rings. The Hall–Kier alpha value is -0.113. The Bertz CT molecular complexity index is 6.00. The quantitative estimate of drug-likeness (QED) is 0.227. The molecule has 0 atom stereocenters. The Balaban J connectivity index is 0. The van der Waals surface area contributed by atoms with E-state index in [2.05, 4.69) is 13.2 Å². The van der Waals surface area contributed by atoms with Crippen molar-refractivity contribution >= 4 is 10.6 Å². The molecule has 0 bridgehead atoms. The summed E-state index contributed by atoms with van der Waals surface area (Å²) in [5.74, 6) is 0. The average molecular weight is 75.1 g/mol. The normalized spacial score (nSPS) is 2.50. The van der Waals surface area contributed by atoms with Gasteiger partial charge in [-0.05, 0) is 0 Å². The van der Waals surface area contributed by atoms with E-state index in [-0.39, 0.29) is 0 Å². The third kappa shape index (κ3) is 116. The molecule has 0 aliphatic heterocycles. The molecule has 0 nitrogen and oxygen atoms in total. The molecule has 0 rings (SSSR count). The minimum absolute atomic E-state index is 1.47. The van der Waals surface area contributed by atoms with E-state index in [1.807, 2.05) is 0 Å². The Morgan fingerprint density at radius 2 is 1.25 bits per heavy atom. The maximum atomic E-state index is 9.31. The van der Waals surface area contributed by atoms with Gasteiger partial charge in [-0.3, -0.25) is 0 Å². The van der Waals surface area contributed by atoms with Gasteiger partial charge in [0.05, 0.1) is 0 Å².